The van der Waals surface area contributed by atoms with E-state index in [-0.39, 0.29) is 17.7 Å². The maximum atomic E-state index is 12.4. The molecule has 2 rings (SSSR count). The molecule has 1 atom stereocenters. The lowest BCUT2D eigenvalue weighted by Gasteiger charge is -2.14. The molecule has 6 nitrogen and oxygen atoms in total. The second-order valence-corrected chi connectivity index (χ2v) is 6.36. The summed E-state index contributed by atoms with van der Waals surface area (Å²) in [7, 11) is 5.12. The quantitative estimate of drug-likeness (QED) is 0.838. The third kappa shape index (κ3) is 3.31. The van der Waals surface area contributed by atoms with Crippen molar-refractivity contribution in [3.05, 3.63) is 32.5 Å². The first-order valence-electron chi connectivity index (χ1n) is 6.76. The van der Waals surface area contributed by atoms with Gasteiger partial charge in [-0.3, -0.25) is 9.48 Å². The van der Waals surface area contributed by atoms with Crippen molar-refractivity contribution in [2.45, 2.75) is 26.5 Å². The molecule has 0 unspecified atom stereocenters. The molecule has 0 aromatic carbocycles. The van der Waals surface area contributed by atoms with Crippen LogP contribution in [0.1, 0.15) is 39.9 Å². The Bertz CT molecular complexity index is 682. The van der Waals surface area contributed by atoms with Gasteiger partial charge < -0.3 is 9.64 Å². The summed E-state index contributed by atoms with van der Waals surface area (Å²) in [5, 5.41) is 7.39. The highest BCUT2D eigenvalue weighted by molar-refractivity contribution is 7.09. The van der Waals surface area contributed by atoms with Crippen molar-refractivity contribution in [1.29, 1.82) is 0 Å². The van der Waals surface area contributed by atoms with Gasteiger partial charge in [-0.15, -0.1) is 11.3 Å². The number of thiazole rings is 1. The fraction of sp³-hybridized carbons (Fsp3) is 0.500. The molecule has 1 amide bonds. The first-order valence-corrected chi connectivity index (χ1v) is 8.02. The maximum absolute atomic E-state index is 12.4. The molecule has 0 aliphatic carbocycles. The van der Waals surface area contributed by atoms with Gasteiger partial charge in [0.1, 0.15) is 11.1 Å². The van der Waals surface area contributed by atoms with Crippen molar-refractivity contribution in [2.24, 2.45) is 7.05 Å². The molecule has 8 heteroatoms. The molecular formula is C14H19ClN4O2S. The van der Waals surface area contributed by atoms with E-state index >= 15 is 0 Å². The summed E-state index contributed by atoms with van der Waals surface area (Å²) in [6.45, 7) is 4.16. The van der Waals surface area contributed by atoms with Gasteiger partial charge in [-0.1, -0.05) is 11.6 Å². The Morgan fingerprint density at radius 1 is 1.59 bits per heavy atom. The molecule has 0 aliphatic rings. The van der Waals surface area contributed by atoms with Gasteiger partial charge in [0.05, 0.1) is 23.0 Å². The standard InChI is InChI=1S/C14H19ClN4O2S/c1-8-11(15)12(17-19(8)4)14(20)18(3)6-10-7-22-13(16-10)9(2)21-5/h7,9H,6H2,1-5H3/t9-/m0/s1. The summed E-state index contributed by atoms with van der Waals surface area (Å²) in [5.74, 6) is -0.219. The summed E-state index contributed by atoms with van der Waals surface area (Å²) in [6, 6.07) is 0. The number of carbonyl (C=O) groups excluding carboxylic acids is 1. The van der Waals surface area contributed by atoms with E-state index in [2.05, 4.69) is 10.1 Å². The topological polar surface area (TPSA) is 60.2 Å². The van der Waals surface area contributed by atoms with E-state index in [0.717, 1.165) is 16.4 Å². The molecule has 0 bridgehead atoms. The largest absolute Gasteiger partial charge is 0.375 e. The monoisotopic (exact) mass is 342 g/mol. The van der Waals surface area contributed by atoms with Gasteiger partial charge in [-0.2, -0.15) is 5.10 Å². The van der Waals surface area contributed by atoms with Gasteiger partial charge in [0.15, 0.2) is 5.69 Å². The van der Waals surface area contributed by atoms with Crippen LogP contribution in [-0.4, -0.2) is 39.7 Å². The number of amides is 1. The van der Waals surface area contributed by atoms with E-state index in [9.17, 15) is 4.79 Å². The van der Waals surface area contributed by atoms with Crippen LogP contribution >= 0.6 is 22.9 Å². The molecule has 2 aromatic heterocycles. The minimum absolute atomic E-state index is 0.0485. The molecule has 0 aliphatic heterocycles. The van der Waals surface area contributed by atoms with Crippen LogP contribution in [-0.2, 0) is 18.3 Å². The fourth-order valence-corrected chi connectivity index (χ4v) is 2.98. The van der Waals surface area contributed by atoms with Crippen LogP contribution in [0.5, 0.6) is 0 Å². The fourth-order valence-electron chi connectivity index (χ4n) is 1.90. The Balaban J connectivity index is 2.11. The van der Waals surface area contributed by atoms with Gasteiger partial charge in [-0.05, 0) is 13.8 Å². The number of rotatable bonds is 5. The van der Waals surface area contributed by atoms with Crippen molar-refractivity contribution < 1.29 is 9.53 Å². The van der Waals surface area contributed by atoms with Crippen LogP contribution in [0.2, 0.25) is 5.02 Å². The summed E-state index contributed by atoms with van der Waals surface area (Å²) in [6.07, 6.45) is -0.0485. The summed E-state index contributed by atoms with van der Waals surface area (Å²) < 4.78 is 6.84. The van der Waals surface area contributed by atoms with Gasteiger partial charge in [0.2, 0.25) is 0 Å². The molecule has 0 saturated heterocycles. The van der Waals surface area contributed by atoms with Crippen LogP contribution in [0.25, 0.3) is 0 Å². The van der Waals surface area contributed by atoms with E-state index in [1.54, 1.807) is 30.8 Å². The number of hydrogen-bond acceptors (Lipinski definition) is 5. The number of nitrogens with zero attached hydrogens (tertiary/aromatic N) is 4. The molecule has 2 heterocycles. The van der Waals surface area contributed by atoms with E-state index < -0.39 is 0 Å². The Kier molecular flexibility index (Phi) is 5.20. The van der Waals surface area contributed by atoms with E-state index in [0.29, 0.717) is 11.6 Å². The van der Waals surface area contributed by atoms with Gasteiger partial charge in [-0.25, -0.2) is 4.98 Å². The number of aryl methyl sites for hydroxylation is 1. The van der Waals surface area contributed by atoms with Crippen LogP contribution in [0.4, 0.5) is 0 Å². The van der Waals surface area contributed by atoms with Gasteiger partial charge in [0.25, 0.3) is 5.91 Å². The average Bonchev–Trinajstić information content (AvgIpc) is 3.06. The number of methoxy groups -OCH3 is 1. The van der Waals surface area contributed by atoms with Crippen LogP contribution < -0.4 is 0 Å². The van der Waals surface area contributed by atoms with Crippen molar-refractivity contribution >= 4 is 28.8 Å². The molecule has 22 heavy (non-hydrogen) atoms. The third-order valence-electron chi connectivity index (χ3n) is 3.48. The highest BCUT2D eigenvalue weighted by atomic mass is 35.5. The first kappa shape index (κ1) is 16.9. The van der Waals surface area contributed by atoms with Gasteiger partial charge in [0, 0.05) is 26.6 Å². The van der Waals surface area contributed by atoms with Crippen molar-refractivity contribution in [3.8, 4) is 0 Å². The van der Waals surface area contributed by atoms with Crippen LogP contribution in [0.15, 0.2) is 5.38 Å². The molecule has 0 N–H and O–H groups in total. The Labute approximate surface area is 138 Å². The number of halogens is 1. The molecule has 0 spiro atoms. The first-order chi connectivity index (χ1) is 10.3. The minimum Gasteiger partial charge on any atom is -0.375 e. The predicted molar refractivity (Wildman–Crippen MR) is 86.3 cm³/mol. The molecule has 0 saturated carbocycles. The van der Waals surface area contributed by atoms with Crippen LogP contribution in [0.3, 0.4) is 0 Å². The SMILES string of the molecule is CO[C@@H](C)c1nc(CN(C)C(=O)c2nn(C)c(C)c2Cl)cs1. The number of hydrogen-bond donors (Lipinski definition) is 0. The third-order valence-corrected chi connectivity index (χ3v) is 4.99. The molecule has 0 radical (unpaired) electrons. The highest BCUT2D eigenvalue weighted by Crippen LogP contribution is 2.23. The predicted octanol–water partition coefficient (Wildman–Crippen LogP) is 2.82. The molecule has 0 fully saturated rings. The number of aromatic nitrogens is 3. The van der Waals surface area contributed by atoms with Gasteiger partial charge >= 0.3 is 0 Å². The summed E-state index contributed by atoms with van der Waals surface area (Å²) in [5.41, 5.74) is 1.86. The average molecular weight is 343 g/mol. The normalized spacial score (nSPS) is 12.5. The van der Waals surface area contributed by atoms with E-state index in [1.807, 2.05) is 19.2 Å². The molecular weight excluding hydrogens is 324 g/mol. The second-order valence-electron chi connectivity index (χ2n) is 5.09. The maximum Gasteiger partial charge on any atom is 0.276 e. The Morgan fingerprint density at radius 3 is 2.82 bits per heavy atom. The van der Waals surface area contributed by atoms with E-state index in [1.165, 1.54) is 11.3 Å². The Morgan fingerprint density at radius 2 is 2.27 bits per heavy atom. The van der Waals surface area contributed by atoms with Crippen LogP contribution in [0, 0.1) is 6.92 Å². The lowest BCUT2D eigenvalue weighted by Crippen LogP contribution is -2.27. The zero-order valence-electron chi connectivity index (χ0n) is 13.3. The minimum atomic E-state index is -0.219. The second kappa shape index (κ2) is 6.76. The summed E-state index contributed by atoms with van der Waals surface area (Å²) in [4.78, 5) is 18.5. The van der Waals surface area contributed by atoms with Crippen molar-refractivity contribution in [2.75, 3.05) is 14.2 Å². The zero-order valence-corrected chi connectivity index (χ0v) is 14.8. The smallest absolute Gasteiger partial charge is 0.276 e. The number of ether oxygens (including phenoxy) is 1. The molecule has 120 valence electrons. The van der Waals surface area contributed by atoms with E-state index in [4.69, 9.17) is 16.3 Å². The van der Waals surface area contributed by atoms with Crippen molar-refractivity contribution in [3.63, 3.8) is 0 Å². The zero-order chi connectivity index (χ0) is 16.4. The Hall–Kier alpha value is -1.44. The number of carbonyl (C=O) groups is 1. The lowest BCUT2D eigenvalue weighted by atomic mass is 10.3. The lowest BCUT2D eigenvalue weighted by molar-refractivity contribution is 0.0776. The highest BCUT2D eigenvalue weighted by Gasteiger charge is 2.22. The van der Waals surface area contributed by atoms with Crippen molar-refractivity contribution in [1.82, 2.24) is 19.7 Å². The summed E-state index contributed by atoms with van der Waals surface area (Å²) >= 11 is 7.68. The molecule has 2 aromatic rings.